The molecule has 188 valence electrons. The van der Waals surface area contributed by atoms with E-state index < -0.39 is 11.8 Å². The fourth-order valence-electron chi connectivity index (χ4n) is 4.66. The van der Waals surface area contributed by atoms with Crippen LogP contribution in [-0.4, -0.2) is 40.0 Å². The number of halogens is 2. The molecule has 7 nitrogen and oxygen atoms in total. The molecule has 2 aliphatic heterocycles. The number of hydrogen-bond acceptors (Lipinski definition) is 6. The van der Waals surface area contributed by atoms with Crippen LogP contribution in [0, 0.1) is 6.92 Å². The van der Waals surface area contributed by atoms with E-state index in [-0.39, 0.29) is 5.75 Å². The number of rotatable bonds is 6. The number of fused-ring (bicyclic) bond motifs is 1. The van der Waals surface area contributed by atoms with Crippen molar-refractivity contribution in [1.29, 1.82) is 0 Å². The highest BCUT2D eigenvalue weighted by Gasteiger charge is 2.45. The molecule has 9 heteroatoms. The van der Waals surface area contributed by atoms with Crippen molar-refractivity contribution in [3.63, 3.8) is 0 Å². The standard InChI is InChI=1S/C27H28F2N4O3/c1-18-16-32(17-30-18)23-12-7-19(15-24(23)34-4)14-20-6-5-13-33-25(20)31-36-26(33,2)21-8-10-22(11-9-21)35-27(3,28)29/h7-12,14-17H,5-6,13H2,1-4H3/b20-14+. The van der Waals surface area contributed by atoms with Crippen molar-refractivity contribution in [1.82, 2.24) is 14.5 Å². The van der Waals surface area contributed by atoms with Gasteiger partial charge in [0.25, 0.3) is 0 Å². The number of aryl methyl sites for hydroxylation is 1. The van der Waals surface area contributed by atoms with Gasteiger partial charge in [-0.15, -0.1) is 0 Å². The van der Waals surface area contributed by atoms with Gasteiger partial charge in [-0.25, -0.2) is 4.98 Å². The van der Waals surface area contributed by atoms with Crippen LogP contribution < -0.4 is 9.47 Å². The molecule has 3 aromatic rings. The summed E-state index contributed by atoms with van der Waals surface area (Å²) in [5.74, 6) is 1.61. The SMILES string of the molecule is COc1cc(/C=C2\CCCN3C2=NOC3(C)c2ccc(OC(C)(F)F)cc2)ccc1-n1cnc(C)c1. The van der Waals surface area contributed by atoms with Gasteiger partial charge in [0.1, 0.15) is 11.5 Å². The monoisotopic (exact) mass is 494 g/mol. The number of ether oxygens (including phenoxy) is 2. The number of methoxy groups -OCH3 is 1. The third-order valence-electron chi connectivity index (χ3n) is 6.42. The van der Waals surface area contributed by atoms with E-state index in [1.807, 2.05) is 42.8 Å². The van der Waals surface area contributed by atoms with Gasteiger partial charge >= 0.3 is 6.11 Å². The molecule has 1 atom stereocenters. The van der Waals surface area contributed by atoms with Gasteiger partial charge in [-0.05, 0) is 73.4 Å². The van der Waals surface area contributed by atoms with Crippen LogP contribution in [0.4, 0.5) is 8.78 Å². The molecule has 2 aromatic carbocycles. The first-order valence-electron chi connectivity index (χ1n) is 11.8. The maximum absolute atomic E-state index is 13.2. The summed E-state index contributed by atoms with van der Waals surface area (Å²) in [6.45, 7) is 5.36. The quantitative estimate of drug-likeness (QED) is 0.429. The lowest BCUT2D eigenvalue weighted by Crippen LogP contribution is -2.46. The average molecular weight is 495 g/mol. The molecule has 0 bridgehead atoms. The highest BCUT2D eigenvalue weighted by atomic mass is 19.3. The first-order valence-corrected chi connectivity index (χ1v) is 11.8. The zero-order valence-corrected chi connectivity index (χ0v) is 20.7. The van der Waals surface area contributed by atoms with E-state index in [0.29, 0.717) is 6.92 Å². The normalized spacial score (nSPS) is 20.7. The van der Waals surface area contributed by atoms with Crippen LogP contribution in [0.25, 0.3) is 11.8 Å². The number of oxime groups is 1. The predicted octanol–water partition coefficient (Wildman–Crippen LogP) is 5.88. The minimum atomic E-state index is -3.24. The molecule has 2 aliphatic rings. The number of hydrogen-bond donors (Lipinski definition) is 0. The van der Waals surface area contributed by atoms with E-state index in [1.54, 1.807) is 25.6 Å². The van der Waals surface area contributed by atoms with Gasteiger partial charge in [-0.3, -0.25) is 0 Å². The van der Waals surface area contributed by atoms with E-state index in [1.165, 1.54) is 12.1 Å². The molecule has 36 heavy (non-hydrogen) atoms. The molecular weight excluding hydrogens is 466 g/mol. The van der Waals surface area contributed by atoms with E-state index in [2.05, 4.69) is 25.9 Å². The fourth-order valence-corrected chi connectivity index (χ4v) is 4.66. The summed E-state index contributed by atoms with van der Waals surface area (Å²) in [5, 5.41) is 4.44. The number of alkyl halides is 2. The molecule has 0 N–H and O–H groups in total. The van der Waals surface area contributed by atoms with Gasteiger partial charge in [-0.2, -0.15) is 8.78 Å². The summed E-state index contributed by atoms with van der Waals surface area (Å²) >= 11 is 0. The van der Waals surface area contributed by atoms with Crippen LogP contribution in [0.15, 0.2) is 65.7 Å². The predicted molar refractivity (Wildman–Crippen MR) is 132 cm³/mol. The van der Waals surface area contributed by atoms with Crippen LogP contribution >= 0.6 is 0 Å². The Labute approximate surface area is 208 Å². The van der Waals surface area contributed by atoms with Crippen LogP contribution in [0.5, 0.6) is 11.5 Å². The maximum atomic E-state index is 13.2. The molecule has 1 saturated heterocycles. The first kappa shape index (κ1) is 23.8. The lowest BCUT2D eigenvalue weighted by atomic mass is 9.95. The summed E-state index contributed by atoms with van der Waals surface area (Å²) in [5.41, 5.74) is 3.84. The molecule has 1 unspecified atom stereocenters. The van der Waals surface area contributed by atoms with Gasteiger partial charge in [0.2, 0.25) is 5.72 Å². The highest BCUT2D eigenvalue weighted by Crippen LogP contribution is 2.41. The second kappa shape index (κ2) is 8.96. The second-order valence-electron chi connectivity index (χ2n) is 9.20. The molecular formula is C27H28F2N4O3. The smallest absolute Gasteiger partial charge is 0.394 e. The number of piperidine rings is 1. The molecule has 0 spiro atoms. The van der Waals surface area contributed by atoms with Gasteiger partial charge in [0.05, 0.1) is 24.8 Å². The fraction of sp³-hybridized carbons (Fsp3) is 0.333. The van der Waals surface area contributed by atoms with E-state index in [0.717, 1.165) is 59.1 Å². The third-order valence-corrected chi connectivity index (χ3v) is 6.42. The van der Waals surface area contributed by atoms with E-state index in [4.69, 9.17) is 9.57 Å². The average Bonchev–Trinajstić information content (AvgIpc) is 3.43. The Balaban J connectivity index is 1.40. The van der Waals surface area contributed by atoms with Crippen molar-refractivity contribution >= 4 is 11.9 Å². The zero-order chi connectivity index (χ0) is 25.5. The lowest BCUT2D eigenvalue weighted by molar-refractivity contribution is -0.159. The van der Waals surface area contributed by atoms with Crippen LogP contribution in [0.3, 0.4) is 0 Å². The largest absolute Gasteiger partial charge is 0.495 e. The number of amidine groups is 1. The Morgan fingerprint density at radius 2 is 1.94 bits per heavy atom. The first-order chi connectivity index (χ1) is 17.2. The highest BCUT2D eigenvalue weighted by molar-refractivity contribution is 6.03. The summed E-state index contributed by atoms with van der Waals surface area (Å²) in [4.78, 5) is 12.4. The number of benzene rings is 2. The number of nitrogens with zero attached hydrogens (tertiary/aromatic N) is 4. The van der Waals surface area contributed by atoms with Crippen molar-refractivity contribution in [3.8, 4) is 17.2 Å². The van der Waals surface area contributed by atoms with Gasteiger partial charge in [-0.1, -0.05) is 11.2 Å². The Morgan fingerprint density at radius 1 is 1.17 bits per heavy atom. The summed E-state index contributed by atoms with van der Waals surface area (Å²) < 4.78 is 38.6. The lowest BCUT2D eigenvalue weighted by Gasteiger charge is -2.37. The minimum Gasteiger partial charge on any atom is -0.495 e. The van der Waals surface area contributed by atoms with Gasteiger partial charge < -0.3 is 23.8 Å². The molecule has 0 saturated carbocycles. The van der Waals surface area contributed by atoms with E-state index in [9.17, 15) is 8.78 Å². The molecule has 3 heterocycles. The number of aromatic nitrogens is 2. The zero-order valence-electron chi connectivity index (χ0n) is 20.7. The van der Waals surface area contributed by atoms with Crippen molar-refractivity contribution in [3.05, 3.63) is 77.4 Å². The van der Waals surface area contributed by atoms with Crippen LogP contribution in [-0.2, 0) is 10.6 Å². The minimum absolute atomic E-state index is 0.0939. The van der Waals surface area contributed by atoms with Gasteiger partial charge in [0, 0.05) is 32.2 Å². The summed E-state index contributed by atoms with van der Waals surface area (Å²) in [6, 6.07) is 12.6. The maximum Gasteiger partial charge on any atom is 0.394 e. The second-order valence-corrected chi connectivity index (χ2v) is 9.20. The molecule has 0 amide bonds. The Bertz CT molecular complexity index is 1330. The Morgan fingerprint density at radius 3 is 2.61 bits per heavy atom. The van der Waals surface area contributed by atoms with Crippen molar-refractivity contribution < 1.29 is 23.1 Å². The van der Waals surface area contributed by atoms with Gasteiger partial charge in [0.15, 0.2) is 5.84 Å². The van der Waals surface area contributed by atoms with Crippen LogP contribution in [0.2, 0.25) is 0 Å². The summed E-state index contributed by atoms with van der Waals surface area (Å²) in [7, 11) is 1.65. The molecule has 1 aromatic heterocycles. The molecule has 5 rings (SSSR count). The van der Waals surface area contributed by atoms with Crippen molar-refractivity contribution in [2.75, 3.05) is 13.7 Å². The molecule has 1 fully saturated rings. The molecule has 0 aliphatic carbocycles. The topological polar surface area (TPSA) is 61.1 Å². The Hall–Kier alpha value is -3.88. The van der Waals surface area contributed by atoms with Crippen molar-refractivity contribution in [2.24, 2.45) is 5.16 Å². The summed E-state index contributed by atoms with van der Waals surface area (Å²) in [6.07, 6.45) is 4.37. The van der Waals surface area contributed by atoms with E-state index >= 15 is 0 Å². The third kappa shape index (κ3) is 4.53. The molecule has 0 radical (unpaired) electrons. The van der Waals surface area contributed by atoms with Crippen LogP contribution in [0.1, 0.15) is 43.5 Å². The Kier molecular flexibility index (Phi) is 5.94. The van der Waals surface area contributed by atoms with Crippen molar-refractivity contribution in [2.45, 2.75) is 45.4 Å². The number of imidazole rings is 1.